The highest BCUT2D eigenvalue weighted by atomic mass is 16.1. The molecule has 5 rings (SSSR count). The van der Waals surface area contributed by atoms with Crippen LogP contribution in [-0.2, 0) is 4.79 Å². The second-order valence-electron chi connectivity index (χ2n) is 8.63. The molecule has 29 heavy (non-hydrogen) atoms. The average molecular weight is 385 g/mol. The summed E-state index contributed by atoms with van der Waals surface area (Å²) in [6.45, 7) is 6.26. The van der Waals surface area contributed by atoms with E-state index in [1.54, 1.807) is 12.4 Å². The lowest BCUT2D eigenvalue weighted by Crippen LogP contribution is -2.42. The summed E-state index contributed by atoms with van der Waals surface area (Å²) in [6.07, 6.45) is 6.17. The van der Waals surface area contributed by atoms with E-state index in [2.05, 4.69) is 61.4 Å². The highest BCUT2D eigenvalue weighted by Crippen LogP contribution is 2.45. The summed E-state index contributed by atoms with van der Waals surface area (Å²) < 4.78 is 1.87. The summed E-state index contributed by atoms with van der Waals surface area (Å²) in [5, 5.41) is 8.20. The van der Waals surface area contributed by atoms with Gasteiger partial charge in [0.15, 0.2) is 5.82 Å². The van der Waals surface area contributed by atoms with Gasteiger partial charge in [0.1, 0.15) is 5.78 Å². The number of Topliss-reactive ketones (excluding diaryl/α,β-unsaturated/α-hetero) is 1. The molecule has 0 amide bonds. The molecule has 2 atom stereocenters. The van der Waals surface area contributed by atoms with Gasteiger partial charge in [0.2, 0.25) is 5.95 Å². The third-order valence-corrected chi connectivity index (χ3v) is 5.68. The van der Waals surface area contributed by atoms with E-state index in [4.69, 9.17) is 10.1 Å². The minimum absolute atomic E-state index is 0.177. The monoisotopic (exact) mass is 385 g/mol. The Morgan fingerprint density at radius 2 is 1.83 bits per heavy atom. The third-order valence-electron chi connectivity index (χ3n) is 5.68. The number of ketones is 1. The molecule has 1 N–H and O–H groups in total. The standard InChI is InChI=1S/C23H23N5O/c1-14-4-6-15(7-5-14)20-19-17(12-23(2,3)13-18(19)29)25-22-26-21(27-28(20)22)16-8-10-24-11-9-16/h4-12,19-20H,13H2,1-3H3,(H,25,26,27)/t19-,20-/m0/s1. The number of nitrogens with one attached hydrogen (secondary N) is 1. The first-order valence-electron chi connectivity index (χ1n) is 9.87. The van der Waals surface area contributed by atoms with Gasteiger partial charge in [0.05, 0.1) is 12.0 Å². The number of hydrogen-bond acceptors (Lipinski definition) is 5. The maximum atomic E-state index is 13.2. The van der Waals surface area contributed by atoms with Crippen LogP contribution in [0.4, 0.5) is 5.95 Å². The molecule has 1 aliphatic carbocycles. The van der Waals surface area contributed by atoms with Gasteiger partial charge in [0, 0.05) is 30.1 Å². The summed E-state index contributed by atoms with van der Waals surface area (Å²) in [5.41, 5.74) is 3.90. The van der Waals surface area contributed by atoms with Gasteiger partial charge >= 0.3 is 0 Å². The van der Waals surface area contributed by atoms with E-state index in [0.29, 0.717) is 18.2 Å². The zero-order valence-corrected chi connectivity index (χ0v) is 16.8. The Balaban J connectivity index is 1.70. The molecule has 1 aliphatic heterocycles. The number of pyridine rings is 1. The SMILES string of the molecule is Cc1ccc([C@H]2[C@@H]3C(=O)CC(C)(C)C=C3Nc3nc(-c4ccncc4)nn32)cc1. The topological polar surface area (TPSA) is 72.7 Å². The first-order chi connectivity index (χ1) is 13.9. The number of hydrogen-bond donors (Lipinski definition) is 1. The first-order valence-corrected chi connectivity index (χ1v) is 9.87. The van der Waals surface area contributed by atoms with Crippen LogP contribution in [0.1, 0.15) is 37.4 Å². The maximum absolute atomic E-state index is 13.2. The highest BCUT2D eigenvalue weighted by Gasteiger charge is 2.45. The van der Waals surface area contributed by atoms with Crippen molar-refractivity contribution in [1.29, 1.82) is 0 Å². The number of fused-ring (bicyclic) bond motifs is 2. The van der Waals surface area contributed by atoms with Gasteiger partial charge in [-0.3, -0.25) is 9.78 Å². The van der Waals surface area contributed by atoms with Crippen LogP contribution in [0, 0.1) is 18.3 Å². The van der Waals surface area contributed by atoms with Gasteiger partial charge in [0.25, 0.3) is 0 Å². The quantitative estimate of drug-likeness (QED) is 0.717. The van der Waals surface area contributed by atoms with Crippen LogP contribution in [0.2, 0.25) is 0 Å². The number of aromatic nitrogens is 4. The van der Waals surface area contributed by atoms with Crippen LogP contribution in [0.5, 0.6) is 0 Å². The van der Waals surface area contributed by atoms with E-state index in [-0.39, 0.29) is 23.2 Å². The Labute approximate surface area is 169 Å². The summed E-state index contributed by atoms with van der Waals surface area (Å²) in [7, 11) is 0. The van der Waals surface area contributed by atoms with E-state index < -0.39 is 0 Å². The lowest BCUT2D eigenvalue weighted by atomic mass is 9.72. The fourth-order valence-corrected chi connectivity index (χ4v) is 4.35. The number of carbonyl (C=O) groups is 1. The molecule has 3 aromatic rings. The number of benzene rings is 1. The van der Waals surface area contributed by atoms with Crippen molar-refractivity contribution in [2.75, 3.05) is 5.32 Å². The summed E-state index contributed by atoms with van der Waals surface area (Å²) >= 11 is 0. The molecule has 0 saturated heterocycles. The number of carbonyl (C=O) groups excluding carboxylic acids is 1. The fraction of sp³-hybridized carbons (Fsp3) is 0.304. The molecule has 0 saturated carbocycles. The molecule has 146 valence electrons. The van der Waals surface area contributed by atoms with E-state index in [1.807, 2.05) is 16.8 Å². The van der Waals surface area contributed by atoms with Crippen molar-refractivity contribution < 1.29 is 4.79 Å². The minimum Gasteiger partial charge on any atom is -0.328 e. The van der Waals surface area contributed by atoms with Crippen molar-refractivity contribution in [3.8, 4) is 11.4 Å². The van der Waals surface area contributed by atoms with Crippen LogP contribution in [-0.4, -0.2) is 25.5 Å². The number of aryl methyl sites for hydroxylation is 1. The summed E-state index contributed by atoms with van der Waals surface area (Å²) in [6, 6.07) is 11.9. The van der Waals surface area contributed by atoms with Crippen molar-refractivity contribution in [2.24, 2.45) is 11.3 Å². The van der Waals surface area contributed by atoms with Crippen LogP contribution in [0.3, 0.4) is 0 Å². The molecule has 2 aromatic heterocycles. The molecular weight excluding hydrogens is 362 g/mol. The molecule has 0 spiro atoms. The number of nitrogens with zero attached hydrogens (tertiary/aromatic N) is 4. The van der Waals surface area contributed by atoms with Crippen molar-refractivity contribution in [3.05, 3.63) is 71.7 Å². The summed E-state index contributed by atoms with van der Waals surface area (Å²) in [5.74, 6) is 1.23. The molecule has 0 radical (unpaired) electrons. The van der Waals surface area contributed by atoms with E-state index in [9.17, 15) is 4.79 Å². The van der Waals surface area contributed by atoms with Gasteiger partial charge in [-0.1, -0.05) is 49.8 Å². The molecule has 6 nitrogen and oxygen atoms in total. The Morgan fingerprint density at radius 3 is 2.55 bits per heavy atom. The molecule has 0 fully saturated rings. The Morgan fingerprint density at radius 1 is 1.10 bits per heavy atom. The maximum Gasteiger partial charge on any atom is 0.226 e. The lowest BCUT2D eigenvalue weighted by Gasteiger charge is -2.40. The van der Waals surface area contributed by atoms with Gasteiger partial charge in [-0.05, 0) is 30.0 Å². The van der Waals surface area contributed by atoms with Gasteiger partial charge in [-0.25, -0.2) is 4.68 Å². The minimum atomic E-state index is -0.287. The zero-order valence-electron chi connectivity index (χ0n) is 16.8. The normalized spacial score (nSPS) is 22.3. The number of anilines is 1. The van der Waals surface area contributed by atoms with Crippen molar-refractivity contribution in [1.82, 2.24) is 19.7 Å². The average Bonchev–Trinajstić information content (AvgIpc) is 3.10. The van der Waals surface area contributed by atoms with Gasteiger partial charge in [-0.15, -0.1) is 5.10 Å². The van der Waals surface area contributed by atoms with Gasteiger partial charge in [-0.2, -0.15) is 4.98 Å². The molecule has 2 aliphatic rings. The van der Waals surface area contributed by atoms with Crippen molar-refractivity contribution in [2.45, 2.75) is 33.2 Å². The molecule has 6 heteroatoms. The molecule has 0 unspecified atom stereocenters. The molecule has 0 bridgehead atoms. The molecule has 3 heterocycles. The fourth-order valence-electron chi connectivity index (χ4n) is 4.35. The van der Waals surface area contributed by atoms with Crippen LogP contribution in [0.15, 0.2) is 60.6 Å². The van der Waals surface area contributed by atoms with Crippen LogP contribution < -0.4 is 5.32 Å². The number of allylic oxidation sites excluding steroid dienone is 2. The largest absolute Gasteiger partial charge is 0.328 e. The molecular formula is C23H23N5O. The summed E-state index contributed by atoms with van der Waals surface area (Å²) in [4.78, 5) is 22.0. The van der Waals surface area contributed by atoms with E-state index >= 15 is 0 Å². The van der Waals surface area contributed by atoms with E-state index in [0.717, 1.165) is 16.8 Å². The molecule has 1 aromatic carbocycles. The third kappa shape index (κ3) is 3.05. The second-order valence-corrected chi connectivity index (χ2v) is 8.63. The zero-order chi connectivity index (χ0) is 20.2. The predicted octanol–water partition coefficient (Wildman–Crippen LogP) is 4.16. The van der Waals surface area contributed by atoms with Crippen molar-refractivity contribution >= 4 is 11.7 Å². The number of rotatable bonds is 2. The van der Waals surface area contributed by atoms with Crippen molar-refractivity contribution in [3.63, 3.8) is 0 Å². The first kappa shape index (κ1) is 17.8. The van der Waals surface area contributed by atoms with Crippen LogP contribution in [0.25, 0.3) is 11.4 Å². The van der Waals surface area contributed by atoms with Crippen LogP contribution >= 0.6 is 0 Å². The Hall–Kier alpha value is -3.28. The highest BCUT2D eigenvalue weighted by molar-refractivity contribution is 5.88. The second kappa shape index (κ2) is 6.37. The Bertz CT molecular complexity index is 1110. The van der Waals surface area contributed by atoms with Gasteiger partial charge < -0.3 is 5.32 Å². The van der Waals surface area contributed by atoms with E-state index in [1.165, 1.54) is 5.56 Å². The predicted molar refractivity (Wildman–Crippen MR) is 111 cm³/mol. The lowest BCUT2D eigenvalue weighted by molar-refractivity contribution is -0.125. The Kier molecular flexibility index (Phi) is 3.91. The smallest absolute Gasteiger partial charge is 0.226 e.